The van der Waals surface area contributed by atoms with Gasteiger partial charge in [-0.05, 0) is 42.7 Å². The molecule has 7 heteroatoms. The van der Waals surface area contributed by atoms with Gasteiger partial charge in [-0.15, -0.1) is 0 Å². The molecule has 0 bridgehead atoms. The molecule has 0 radical (unpaired) electrons. The minimum absolute atomic E-state index is 0.0495. The Morgan fingerprint density at radius 3 is 2.50 bits per heavy atom. The van der Waals surface area contributed by atoms with Crippen LogP contribution in [0.3, 0.4) is 0 Å². The van der Waals surface area contributed by atoms with Gasteiger partial charge in [0.2, 0.25) is 5.88 Å². The number of aldehydes is 1. The summed E-state index contributed by atoms with van der Waals surface area (Å²) in [4.78, 5) is 23.4. The van der Waals surface area contributed by atoms with Crippen molar-refractivity contribution in [3.05, 3.63) is 76.4 Å². The van der Waals surface area contributed by atoms with Crippen LogP contribution in [0.1, 0.15) is 35.7 Å². The Bertz CT molecular complexity index is 1110. The molecule has 0 aromatic heterocycles. The molecule has 3 N–H and O–H groups in total. The van der Waals surface area contributed by atoms with Crippen molar-refractivity contribution >= 4 is 12.3 Å². The molecular weight excluding hydrogens is 384 g/mol. The fourth-order valence-electron chi connectivity index (χ4n) is 3.38. The zero-order valence-corrected chi connectivity index (χ0v) is 16.5. The third kappa shape index (κ3) is 3.76. The summed E-state index contributed by atoms with van der Waals surface area (Å²) in [7, 11) is 0. The lowest BCUT2D eigenvalue weighted by Gasteiger charge is -2.27. The van der Waals surface area contributed by atoms with Crippen molar-refractivity contribution < 1.29 is 24.2 Å². The number of nitriles is 1. The topological polar surface area (TPSA) is 123 Å². The molecule has 1 aliphatic heterocycles. The molecule has 2 aromatic rings. The molecule has 2 aromatic carbocycles. The Morgan fingerprint density at radius 2 is 1.93 bits per heavy atom. The van der Waals surface area contributed by atoms with E-state index >= 15 is 0 Å². The highest BCUT2D eigenvalue weighted by Gasteiger charge is 2.36. The molecule has 1 unspecified atom stereocenters. The van der Waals surface area contributed by atoms with E-state index in [4.69, 9.17) is 15.2 Å². The van der Waals surface area contributed by atoms with E-state index in [0.29, 0.717) is 17.4 Å². The summed E-state index contributed by atoms with van der Waals surface area (Å²) in [6.07, 6.45) is 0.582. The number of carbonyl (C=O) groups excluding carboxylic acids is 2. The normalized spacial score (nSPS) is 16.0. The molecular formula is C23H20N2O5. The van der Waals surface area contributed by atoms with Crippen molar-refractivity contribution in [3.8, 4) is 22.9 Å². The number of nitrogens with zero attached hydrogens (tertiary/aromatic N) is 1. The predicted octanol–water partition coefficient (Wildman–Crippen LogP) is 3.52. The van der Waals surface area contributed by atoms with E-state index in [1.807, 2.05) is 6.07 Å². The largest absolute Gasteiger partial charge is 0.507 e. The highest BCUT2D eigenvalue weighted by atomic mass is 16.5. The molecule has 1 aliphatic rings. The van der Waals surface area contributed by atoms with E-state index in [9.17, 15) is 20.0 Å². The van der Waals surface area contributed by atoms with Gasteiger partial charge in [0.1, 0.15) is 23.2 Å². The Kier molecular flexibility index (Phi) is 5.88. The van der Waals surface area contributed by atoms with Crippen molar-refractivity contribution in [1.29, 1.82) is 5.26 Å². The second kappa shape index (κ2) is 8.53. The third-order valence-corrected chi connectivity index (χ3v) is 4.84. The van der Waals surface area contributed by atoms with E-state index < -0.39 is 11.9 Å². The summed E-state index contributed by atoms with van der Waals surface area (Å²) in [5.41, 5.74) is 8.62. The lowest BCUT2D eigenvalue weighted by molar-refractivity contribution is -0.139. The van der Waals surface area contributed by atoms with Crippen LogP contribution in [-0.4, -0.2) is 24.0 Å². The smallest absolute Gasteiger partial charge is 0.338 e. The van der Waals surface area contributed by atoms with E-state index in [2.05, 4.69) is 0 Å². The van der Waals surface area contributed by atoms with Gasteiger partial charge in [0, 0.05) is 0 Å². The second-order valence-electron chi connectivity index (χ2n) is 6.63. The van der Waals surface area contributed by atoms with Crippen LogP contribution in [0.25, 0.3) is 11.1 Å². The van der Waals surface area contributed by atoms with Gasteiger partial charge in [-0.2, -0.15) is 5.26 Å². The van der Waals surface area contributed by atoms with Crippen LogP contribution in [0, 0.1) is 11.3 Å². The van der Waals surface area contributed by atoms with Crippen molar-refractivity contribution in [1.82, 2.24) is 0 Å². The first kappa shape index (κ1) is 20.7. The van der Waals surface area contributed by atoms with Crippen molar-refractivity contribution in [2.45, 2.75) is 19.8 Å². The maximum atomic E-state index is 12.6. The molecule has 0 amide bonds. The number of phenolic OH excluding ortho intramolecular Hbond substituents is 1. The fraction of sp³-hybridized carbons (Fsp3) is 0.174. The molecule has 3 rings (SSSR count). The molecule has 0 saturated carbocycles. The van der Waals surface area contributed by atoms with E-state index in [1.54, 1.807) is 44.2 Å². The van der Waals surface area contributed by atoms with Gasteiger partial charge in [-0.1, -0.05) is 30.3 Å². The second-order valence-corrected chi connectivity index (χ2v) is 6.63. The maximum Gasteiger partial charge on any atom is 0.338 e. The predicted molar refractivity (Wildman–Crippen MR) is 109 cm³/mol. The molecule has 1 heterocycles. The number of phenols is 1. The molecule has 1 atom stereocenters. The molecule has 152 valence electrons. The summed E-state index contributed by atoms with van der Waals surface area (Å²) in [6, 6.07) is 13.9. The number of nitrogens with two attached hydrogens (primary N) is 1. The van der Waals surface area contributed by atoms with Gasteiger partial charge in [0.15, 0.2) is 6.29 Å². The van der Waals surface area contributed by atoms with Crippen molar-refractivity contribution in [2.24, 2.45) is 5.73 Å². The number of allylic oxidation sites excluding steroid dienone is 2. The number of rotatable bonds is 5. The van der Waals surface area contributed by atoms with Crippen LogP contribution < -0.4 is 5.73 Å². The highest BCUT2D eigenvalue weighted by Crippen LogP contribution is 2.40. The monoisotopic (exact) mass is 404 g/mol. The Morgan fingerprint density at radius 1 is 1.27 bits per heavy atom. The Balaban J connectivity index is 2.04. The number of benzene rings is 2. The Labute approximate surface area is 173 Å². The van der Waals surface area contributed by atoms with E-state index in [0.717, 1.165) is 5.56 Å². The molecule has 0 spiro atoms. The number of hydrogen-bond donors (Lipinski definition) is 2. The lowest BCUT2D eigenvalue weighted by atomic mass is 9.82. The Hall–Kier alpha value is -4.05. The van der Waals surface area contributed by atoms with Crippen LogP contribution >= 0.6 is 0 Å². The molecule has 30 heavy (non-hydrogen) atoms. The third-order valence-electron chi connectivity index (χ3n) is 4.84. The van der Waals surface area contributed by atoms with Gasteiger partial charge in [-0.25, -0.2) is 4.79 Å². The quantitative estimate of drug-likeness (QED) is 0.577. The summed E-state index contributed by atoms with van der Waals surface area (Å²) >= 11 is 0. The number of carbonyl (C=O) groups is 2. The summed E-state index contributed by atoms with van der Waals surface area (Å²) in [5.74, 6) is -1.16. The van der Waals surface area contributed by atoms with E-state index in [1.165, 1.54) is 12.1 Å². The molecule has 7 nitrogen and oxygen atoms in total. The fourth-order valence-corrected chi connectivity index (χ4v) is 3.38. The van der Waals surface area contributed by atoms with E-state index in [-0.39, 0.29) is 40.7 Å². The minimum Gasteiger partial charge on any atom is -0.507 e. The van der Waals surface area contributed by atoms with Crippen LogP contribution in [0.5, 0.6) is 5.75 Å². The first-order chi connectivity index (χ1) is 14.4. The first-order valence-electron chi connectivity index (χ1n) is 9.25. The van der Waals surface area contributed by atoms with Gasteiger partial charge in [0.25, 0.3) is 0 Å². The number of aromatic hydroxyl groups is 1. The zero-order chi connectivity index (χ0) is 21.8. The maximum absolute atomic E-state index is 12.6. The minimum atomic E-state index is -0.720. The molecule has 0 saturated heterocycles. The standard InChI is InChI=1S/C23H20N2O5/c1-3-29-23(28)20-13(2)30-22(25)18(11-24)21(20)15-6-4-14(5-7-15)16-8-9-17(12-26)19(27)10-16/h4-10,12,21,27H,3,25H2,1-2H3. The van der Waals surface area contributed by atoms with Gasteiger partial charge in [0.05, 0.1) is 23.7 Å². The lowest BCUT2D eigenvalue weighted by Crippen LogP contribution is -2.25. The zero-order valence-electron chi connectivity index (χ0n) is 16.5. The van der Waals surface area contributed by atoms with Crippen molar-refractivity contribution in [2.75, 3.05) is 6.61 Å². The number of ether oxygens (including phenoxy) is 2. The molecule has 0 fully saturated rings. The number of esters is 1. The van der Waals surface area contributed by atoms with Crippen LogP contribution in [0.2, 0.25) is 0 Å². The summed E-state index contributed by atoms with van der Waals surface area (Å²) < 4.78 is 10.6. The average Bonchev–Trinajstić information content (AvgIpc) is 2.73. The van der Waals surface area contributed by atoms with Gasteiger partial charge in [-0.3, -0.25) is 4.79 Å². The van der Waals surface area contributed by atoms with Crippen LogP contribution in [0.4, 0.5) is 0 Å². The highest BCUT2D eigenvalue weighted by molar-refractivity contribution is 5.92. The first-order valence-corrected chi connectivity index (χ1v) is 9.25. The van der Waals surface area contributed by atoms with Crippen molar-refractivity contribution in [3.63, 3.8) is 0 Å². The summed E-state index contributed by atoms with van der Waals surface area (Å²) in [5, 5.41) is 19.5. The number of hydrogen-bond acceptors (Lipinski definition) is 7. The molecule has 0 aliphatic carbocycles. The van der Waals surface area contributed by atoms with Gasteiger partial charge >= 0.3 is 5.97 Å². The SMILES string of the molecule is CCOC(=O)C1=C(C)OC(N)=C(C#N)C1c1ccc(-c2ccc(C=O)c(O)c2)cc1. The van der Waals surface area contributed by atoms with Crippen LogP contribution in [0.15, 0.2) is 65.3 Å². The average molecular weight is 404 g/mol. The van der Waals surface area contributed by atoms with Crippen LogP contribution in [-0.2, 0) is 14.3 Å². The van der Waals surface area contributed by atoms with Gasteiger partial charge < -0.3 is 20.3 Å². The summed E-state index contributed by atoms with van der Waals surface area (Å²) in [6.45, 7) is 3.48.